The second kappa shape index (κ2) is 6.11. The molecule has 0 aliphatic rings. The Bertz CT molecular complexity index is 630. The Balaban J connectivity index is 2.00. The Morgan fingerprint density at radius 3 is 2.80 bits per heavy atom. The van der Waals surface area contributed by atoms with Gasteiger partial charge in [0.2, 0.25) is 5.95 Å². The van der Waals surface area contributed by atoms with E-state index in [-0.39, 0.29) is 11.9 Å². The molecule has 0 aliphatic carbocycles. The first-order valence-corrected chi connectivity index (χ1v) is 6.53. The number of nitrogens with zero attached hydrogens (tertiary/aromatic N) is 2. The van der Waals surface area contributed by atoms with Crippen LogP contribution in [0.1, 0.15) is 12.7 Å². The van der Waals surface area contributed by atoms with Crippen molar-refractivity contribution in [1.29, 1.82) is 0 Å². The highest BCUT2D eigenvalue weighted by Crippen LogP contribution is 2.28. The number of amides is 1. The van der Waals surface area contributed by atoms with Gasteiger partial charge in [-0.2, -0.15) is 4.98 Å². The van der Waals surface area contributed by atoms with Crippen LogP contribution in [0.25, 0.3) is 0 Å². The molecule has 0 bridgehead atoms. The summed E-state index contributed by atoms with van der Waals surface area (Å²) in [6.45, 7) is 3.33. The molecule has 0 radical (unpaired) electrons. The molecule has 1 aromatic heterocycles. The van der Waals surface area contributed by atoms with Crippen molar-refractivity contribution in [1.82, 2.24) is 15.2 Å². The lowest BCUT2D eigenvalue weighted by molar-refractivity contribution is -0.122. The smallest absolute Gasteiger partial charge is 0.267 e. The molecule has 6 nitrogen and oxygen atoms in total. The van der Waals surface area contributed by atoms with Crippen LogP contribution in [0.3, 0.4) is 0 Å². The van der Waals surface area contributed by atoms with Gasteiger partial charge in [0.05, 0.1) is 5.02 Å². The first-order valence-electron chi connectivity index (χ1n) is 5.77. The molecule has 106 valence electrons. The van der Waals surface area contributed by atoms with Gasteiger partial charge in [-0.15, -0.1) is 5.10 Å². The molecule has 20 heavy (non-hydrogen) atoms. The van der Waals surface area contributed by atoms with E-state index < -0.39 is 6.10 Å². The number of rotatable bonds is 4. The van der Waals surface area contributed by atoms with Crippen LogP contribution in [0.15, 0.2) is 18.2 Å². The molecule has 1 atom stereocenters. The molecule has 2 aromatic rings. The normalized spacial score (nSPS) is 12.0. The van der Waals surface area contributed by atoms with Crippen LogP contribution in [-0.2, 0) is 4.79 Å². The lowest BCUT2D eigenvalue weighted by Gasteiger charge is -2.14. The van der Waals surface area contributed by atoms with E-state index in [4.69, 9.17) is 27.9 Å². The van der Waals surface area contributed by atoms with E-state index in [0.29, 0.717) is 21.6 Å². The van der Waals surface area contributed by atoms with E-state index in [0.717, 1.165) is 0 Å². The van der Waals surface area contributed by atoms with Crippen molar-refractivity contribution in [3.63, 3.8) is 0 Å². The predicted octanol–water partition coefficient (Wildman–Crippen LogP) is 2.83. The van der Waals surface area contributed by atoms with Gasteiger partial charge in [-0.05, 0) is 32.0 Å². The van der Waals surface area contributed by atoms with E-state index in [1.165, 1.54) is 0 Å². The topological polar surface area (TPSA) is 79.9 Å². The van der Waals surface area contributed by atoms with Gasteiger partial charge < -0.3 is 4.74 Å². The first kappa shape index (κ1) is 14.6. The van der Waals surface area contributed by atoms with Crippen molar-refractivity contribution in [3.05, 3.63) is 34.1 Å². The summed E-state index contributed by atoms with van der Waals surface area (Å²) in [7, 11) is 0. The minimum absolute atomic E-state index is 0.199. The number of H-pyrrole nitrogens is 1. The van der Waals surface area contributed by atoms with Gasteiger partial charge in [-0.1, -0.05) is 23.2 Å². The van der Waals surface area contributed by atoms with E-state index in [2.05, 4.69) is 20.5 Å². The first-order chi connectivity index (χ1) is 9.45. The summed E-state index contributed by atoms with van der Waals surface area (Å²) in [6, 6.07) is 4.78. The maximum atomic E-state index is 11.9. The Morgan fingerprint density at radius 2 is 2.20 bits per heavy atom. The maximum Gasteiger partial charge on any atom is 0.267 e. The number of hydrogen-bond donors (Lipinski definition) is 2. The summed E-state index contributed by atoms with van der Waals surface area (Å²) < 4.78 is 5.47. The third-order valence-corrected chi connectivity index (χ3v) is 2.93. The van der Waals surface area contributed by atoms with Gasteiger partial charge in [0.25, 0.3) is 5.91 Å². The number of aromatic nitrogens is 3. The molecule has 0 saturated carbocycles. The Kier molecular flexibility index (Phi) is 4.46. The summed E-state index contributed by atoms with van der Waals surface area (Å²) in [6.07, 6.45) is -0.757. The van der Waals surface area contributed by atoms with Gasteiger partial charge in [-0.3, -0.25) is 15.2 Å². The number of anilines is 1. The number of hydrogen-bond acceptors (Lipinski definition) is 4. The third-order valence-electron chi connectivity index (χ3n) is 2.40. The standard InChI is InChI=1S/C12H12Cl2N4O2/c1-6(11(19)16-12-15-7(2)17-18-12)20-10-4-3-8(13)5-9(10)14/h3-6H,1-2H3,(H2,15,16,17,18,19). The fraction of sp³-hybridized carbons (Fsp3) is 0.250. The monoisotopic (exact) mass is 314 g/mol. The van der Waals surface area contributed by atoms with Crippen molar-refractivity contribution in [2.45, 2.75) is 20.0 Å². The number of ether oxygens (including phenoxy) is 1. The zero-order chi connectivity index (χ0) is 14.7. The van der Waals surface area contributed by atoms with E-state index in [9.17, 15) is 4.79 Å². The van der Waals surface area contributed by atoms with Crippen molar-refractivity contribution < 1.29 is 9.53 Å². The largest absolute Gasteiger partial charge is 0.479 e. The SMILES string of the molecule is Cc1nc(NC(=O)C(C)Oc2ccc(Cl)cc2Cl)n[nH]1. The van der Waals surface area contributed by atoms with Crippen molar-refractivity contribution in [2.75, 3.05) is 5.32 Å². The Hall–Kier alpha value is -1.79. The molecule has 0 aliphatic heterocycles. The quantitative estimate of drug-likeness (QED) is 0.909. The van der Waals surface area contributed by atoms with Gasteiger partial charge in [0, 0.05) is 5.02 Å². The van der Waals surface area contributed by atoms with Crippen LogP contribution >= 0.6 is 23.2 Å². The summed E-state index contributed by atoms with van der Waals surface area (Å²) in [4.78, 5) is 15.9. The van der Waals surface area contributed by atoms with E-state index in [1.54, 1.807) is 32.0 Å². The fourth-order valence-electron chi connectivity index (χ4n) is 1.43. The Morgan fingerprint density at radius 1 is 1.45 bits per heavy atom. The van der Waals surface area contributed by atoms with Crippen LogP contribution in [-0.4, -0.2) is 27.2 Å². The summed E-state index contributed by atoms with van der Waals surface area (Å²) in [5.74, 6) is 0.805. The highest BCUT2D eigenvalue weighted by Gasteiger charge is 2.17. The van der Waals surface area contributed by atoms with Gasteiger partial charge in [-0.25, -0.2) is 0 Å². The number of benzene rings is 1. The van der Waals surface area contributed by atoms with Crippen LogP contribution in [0.5, 0.6) is 5.75 Å². The lowest BCUT2D eigenvalue weighted by atomic mass is 10.3. The second-order valence-corrected chi connectivity index (χ2v) is 4.91. The van der Waals surface area contributed by atoms with Crippen LogP contribution in [0.4, 0.5) is 5.95 Å². The third kappa shape index (κ3) is 3.61. The van der Waals surface area contributed by atoms with Crippen molar-refractivity contribution in [3.8, 4) is 5.75 Å². The van der Waals surface area contributed by atoms with Crippen LogP contribution in [0.2, 0.25) is 10.0 Å². The number of carbonyl (C=O) groups is 1. The number of aryl methyl sites for hydroxylation is 1. The van der Waals surface area contributed by atoms with Gasteiger partial charge in [0.1, 0.15) is 11.6 Å². The molecule has 1 amide bonds. The number of nitrogens with one attached hydrogen (secondary N) is 2. The predicted molar refractivity (Wildman–Crippen MR) is 76.3 cm³/mol. The fourth-order valence-corrected chi connectivity index (χ4v) is 1.88. The van der Waals surface area contributed by atoms with E-state index >= 15 is 0 Å². The number of halogens is 2. The molecular formula is C12H12Cl2N4O2. The Labute approximate surface area is 125 Å². The molecule has 0 spiro atoms. The maximum absolute atomic E-state index is 11.9. The molecule has 2 N–H and O–H groups in total. The molecule has 2 rings (SSSR count). The molecule has 1 unspecified atom stereocenters. The zero-order valence-electron chi connectivity index (χ0n) is 10.8. The van der Waals surface area contributed by atoms with E-state index in [1.807, 2.05) is 0 Å². The summed E-state index contributed by atoms with van der Waals surface area (Å²) in [5, 5.41) is 9.79. The molecular weight excluding hydrogens is 303 g/mol. The molecule has 1 heterocycles. The molecule has 0 saturated heterocycles. The molecule has 0 fully saturated rings. The van der Waals surface area contributed by atoms with Crippen molar-refractivity contribution >= 4 is 35.1 Å². The lowest BCUT2D eigenvalue weighted by Crippen LogP contribution is -2.30. The summed E-state index contributed by atoms with van der Waals surface area (Å²) in [5.41, 5.74) is 0. The highest BCUT2D eigenvalue weighted by molar-refractivity contribution is 6.35. The molecule has 1 aromatic carbocycles. The second-order valence-electron chi connectivity index (χ2n) is 4.07. The van der Waals surface area contributed by atoms with Crippen LogP contribution < -0.4 is 10.1 Å². The minimum Gasteiger partial charge on any atom is -0.479 e. The van der Waals surface area contributed by atoms with Gasteiger partial charge >= 0.3 is 0 Å². The number of aromatic amines is 1. The van der Waals surface area contributed by atoms with Crippen LogP contribution in [0, 0.1) is 6.92 Å². The van der Waals surface area contributed by atoms with Crippen molar-refractivity contribution in [2.24, 2.45) is 0 Å². The minimum atomic E-state index is -0.757. The summed E-state index contributed by atoms with van der Waals surface area (Å²) >= 11 is 11.8. The zero-order valence-corrected chi connectivity index (χ0v) is 12.3. The number of carbonyl (C=O) groups excluding carboxylic acids is 1. The average Bonchev–Trinajstić information content (AvgIpc) is 2.78. The highest BCUT2D eigenvalue weighted by atomic mass is 35.5. The molecule has 8 heteroatoms. The van der Waals surface area contributed by atoms with Gasteiger partial charge in [0.15, 0.2) is 6.10 Å². The average molecular weight is 315 g/mol.